The van der Waals surface area contributed by atoms with Crippen LogP contribution in [0.3, 0.4) is 0 Å². The zero-order valence-electron chi connectivity index (χ0n) is 14.6. The predicted octanol–water partition coefficient (Wildman–Crippen LogP) is 2.70. The van der Waals surface area contributed by atoms with Crippen LogP contribution in [0.2, 0.25) is 0 Å². The summed E-state index contributed by atoms with van der Waals surface area (Å²) in [5.74, 6) is -0.0791. The molecule has 11 heteroatoms. The average Bonchev–Trinajstić information content (AvgIpc) is 3.17. The number of thiazole rings is 1. The van der Waals surface area contributed by atoms with E-state index in [1.54, 1.807) is 41.3 Å². The quantitative estimate of drug-likeness (QED) is 0.247. The van der Waals surface area contributed by atoms with Crippen LogP contribution in [0.25, 0.3) is 0 Å². The van der Waals surface area contributed by atoms with Crippen LogP contribution in [0.15, 0.2) is 69.3 Å². The van der Waals surface area contributed by atoms with E-state index < -0.39 is 14.2 Å². The first-order chi connectivity index (χ1) is 13.3. The third-order valence-corrected chi connectivity index (χ3v) is 7.57. The summed E-state index contributed by atoms with van der Waals surface area (Å²) >= 11 is -1.67. The third-order valence-electron chi connectivity index (χ3n) is 3.09. The van der Waals surface area contributed by atoms with Gasteiger partial charge in [-0.2, -0.15) is 0 Å². The maximum Gasteiger partial charge on any atom is 0.115 e. The van der Waals surface area contributed by atoms with E-state index in [4.69, 9.17) is 10.4 Å². The first-order valence-electron chi connectivity index (χ1n) is 7.70. The minimum atomic E-state index is -4.92. The number of phenols is 1. The molecule has 8 nitrogen and oxygen atoms in total. The maximum atomic E-state index is 11.4. The molecule has 0 bridgehead atoms. The molecule has 3 rings (SSSR count). The van der Waals surface area contributed by atoms with Gasteiger partial charge in [-0.1, -0.05) is 11.8 Å². The fourth-order valence-corrected chi connectivity index (χ4v) is 5.19. The maximum absolute atomic E-state index is 11.4. The van der Waals surface area contributed by atoms with Crippen LogP contribution >= 0.6 is 23.1 Å². The molecular formula is C17H17AsN2O6S2. The molecule has 2 aromatic carbocycles. The molecule has 28 heavy (non-hydrogen) atoms. The smallest absolute Gasteiger partial charge is 0.115 e. The van der Waals surface area contributed by atoms with Gasteiger partial charge >= 0.3 is 88.4 Å². The molecule has 3 aromatic rings. The summed E-state index contributed by atoms with van der Waals surface area (Å²) in [4.78, 5) is 15.9. The van der Waals surface area contributed by atoms with Gasteiger partial charge in [-0.15, -0.1) is 11.3 Å². The van der Waals surface area contributed by atoms with Crippen LogP contribution < -0.4 is 9.67 Å². The van der Waals surface area contributed by atoms with Gasteiger partial charge in [0.1, 0.15) is 5.75 Å². The van der Waals surface area contributed by atoms with Crippen molar-refractivity contribution < 1.29 is 26.9 Å². The molecule has 1 heterocycles. The number of carbonyl (C=O) groups is 1. The van der Waals surface area contributed by atoms with Gasteiger partial charge in [-0.3, -0.25) is 4.98 Å². The summed E-state index contributed by atoms with van der Waals surface area (Å²) in [7, 11) is 0. The fraction of sp³-hybridized carbons (Fsp3) is 0.0588. The number of phenolic OH excluding ortho intramolecular Hbond substituents is 1. The van der Waals surface area contributed by atoms with Crippen molar-refractivity contribution in [2.75, 3.05) is 5.32 Å². The van der Waals surface area contributed by atoms with Crippen molar-refractivity contribution in [3.63, 3.8) is 0 Å². The summed E-state index contributed by atoms with van der Waals surface area (Å²) in [5, 5.41) is 19.7. The summed E-state index contributed by atoms with van der Waals surface area (Å²) in [6.07, 6.45) is 1.84. The number of hydrogen-bond donors (Lipinski definition) is 4. The number of rotatable bonds is 5. The van der Waals surface area contributed by atoms with Crippen molar-refractivity contribution in [2.24, 2.45) is 0 Å². The van der Waals surface area contributed by atoms with E-state index in [9.17, 15) is 12.6 Å². The molecule has 0 saturated carbocycles. The molecule has 0 saturated heterocycles. The zero-order chi connectivity index (χ0) is 20.6. The molecule has 148 valence electrons. The summed E-state index contributed by atoms with van der Waals surface area (Å²) in [6.45, 7) is 1.27. The van der Waals surface area contributed by atoms with Crippen LogP contribution in [0.5, 0.6) is 5.75 Å². The third kappa shape index (κ3) is 6.83. The molecule has 1 unspecified atom stereocenters. The number of aromatic hydroxyl groups is 1. The van der Waals surface area contributed by atoms with Crippen LogP contribution in [-0.4, -0.2) is 39.5 Å². The van der Waals surface area contributed by atoms with E-state index in [-0.39, 0.29) is 15.9 Å². The van der Waals surface area contributed by atoms with Crippen molar-refractivity contribution in [1.82, 2.24) is 4.98 Å². The summed E-state index contributed by atoms with van der Waals surface area (Å²) in [5.41, 5.74) is 1.96. The van der Waals surface area contributed by atoms with E-state index in [0.717, 1.165) is 9.10 Å². The van der Waals surface area contributed by atoms with Crippen molar-refractivity contribution >= 4 is 53.2 Å². The van der Waals surface area contributed by atoms with E-state index in [0.29, 0.717) is 5.75 Å². The normalized spacial score (nSPS) is 12.4. The molecule has 0 spiro atoms. The Hall–Kier alpha value is -2.07. The Bertz CT molecular complexity index is 951. The number of carbonyl (C=O) groups excluding carboxylic acids is 1. The first-order valence-corrected chi connectivity index (χ1v) is 12.7. The van der Waals surface area contributed by atoms with Gasteiger partial charge in [0, 0.05) is 4.90 Å². The second kappa shape index (κ2) is 10.5. The predicted molar refractivity (Wildman–Crippen MR) is 107 cm³/mol. The molecule has 0 aliphatic carbocycles. The number of hydrogen-bond acceptors (Lipinski definition) is 8. The number of amides is 1. The second-order valence-corrected chi connectivity index (χ2v) is 11.0. The minimum Gasteiger partial charge on any atom is -0.508 e. The Morgan fingerprint density at radius 3 is 2.46 bits per heavy atom. The Kier molecular flexibility index (Phi) is 8.31. The zero-order valence-corrected chi connectivity index (χ0v) is 18.1. The number of para-hydroxylation sites is 1. The van der Waals surface area contributed by atoms with Gasteiger partial charge in [0.15, 0.2) is 0 Å². The molecule has 0 aliphatic rings. The molecule has 0 radical (unpaired) electrons. The van der Waals surface area contributed by atoms with Gasteiger partial charge < -0.3 is 5.11 Å². The Morgan fingerprint density at radius 2 is 1.89 bits per heavy atom. The van der Waals surface area contributed by atoms with Crippen molar-refractivity contribution in [3.8, 4) is 5.75 Å². The van der Waals surface area contributed by atoms with Gasteiger partial charge in [0.05, 0.1) is 15.9 Å². The first kappa shape index (κ1) is 22.2. The van der Waals surface area contributed by atoms with E-state index in [1.165, 1.54) is 25.1 Å². The Morgan fingerprint density at radius 1 is 1.21 bits per heavy atom. The standard InChI is InChI=1S/C9H7NOS2.C8H10AsNO5/c11-7-1-3-8(4-2-7)13-9-5-10-6-12-9;1-6(11)10-8-5-3-2-4-7(8)9(12,13)15-14/h1-6,11H;2-5,14H,1H3,(H,10,11)(H,12,13). The number of anilines is 1. The molecule has 1 amide bonds. The van der Waals surface area contributed by atoms with Crippen molar-refractivity contribution in [1.29, 1.82) is 0 Å². The molecule has 1 atom stereocenters. The molecular weight excluding hydrogens is 467 g/mol. The number of benzene rings is 2. The summed E-state index contributed by atoms with van der Waals surface area (Å²) < 4.78 is 25.3. The summed E-state index contributed by atoms with van der Waals surface area (Å²) in [6, 6.07) is 13.0. The molecule has 0 fully saturated rings. The van der Waals surface area contributed by atoms with Crippen LogP contribution in [0, 0.1) is 0 Å². The largest absolute Gasteiger partial charge is 0.508 e. The van der Waals surface area contributed by atoms with Crippen LogP contribution in [0.4, 0.5) is 5.69 Å². The monoisotopic (exact) mass is 484 g/mol. The molecule has 0 aliphatic heterocycles. The van der Waals surface area contributed by atoms with E-state index in [2.05, 4.69) is 14.2 Å². The minimum absolute atomic E-state index is 0.103. The van der Waals surface area contributed by atoms with Crippen molar-refractivity contribution in [2.45, 2.75) is 16.0 Å². The topological polar surface area (TPSA) is 129 Å². The fourth-order valence-electron chi connectivity index (χ4n) is 1.94. The van der Waals surface area contributed by atoms with Crippen molar-refractivity contribution in [3.05, 3.63) is 60.2 Å². The van der Waals surface area contributed by atoms with Gasteiger partial charge in [0.25, 0.3) is 0 Å². The van der Waals surface area contributed by atoms with E-state index >= 15 is 0 Å². The SMILES string of the molecule is CC(=O)Nc1ccccc1[As](=O)(O)OO.Oc1ccc(Sc2cncs2)cc1. The van der Waals surface area contributed by atoms with E-state index in [1.807, 2.05) is 23.8 Å². The van der Waals surface area contributed by atoms with Gasteiger partial charge in [0.2, 0.25) is 0 Å². The van der Waals surface area contributed by atoms with Gasteiger partial charge in [-0.05, 0) is 24.3 Å². The van der Waals surface area contributed by atoms with Crippen LogP contribution in [0.1, 0.15) is 6.92 Å². The number of nitrogens with zero attached hydrogens (tertiary/aromatic N) is 1. The average molecular weight is 484 g/mol. The Labute approximate surface area is 172 Å². The molecule has 1 aromatic heterocycles. The van der Waals surface area contributed by atoms with Gasteiger partial charge in [-0.25, -0.2) is 0 Å². The Balaban J connectivity index is 0.000000202. The number of nitrogens with one attached hydrogen (secondary N) is 1. The number of aromatic nitrogens is 1. The van der Waals surface area contributed by atoms with Crippen LogP contribution in [-0.2, 0) is 12.4 Å². The second-order valence-electron chi connectivity index (χ2n) is 5.22. The molecule has 4 N–H and O–H groups in total.